The Labute approximate surface area is 114 Å². The Morgan fingerprint density at radius 1 is 1.56 bits per heavy atom. The van der Waals surface area contributed by atoms with Crippen LogP contribution >= 0.6 is 11.6 Å². The molecule has 1 aromatic heterocycles. The molecule has 0 bridgehead atoms. The molecular weight excluding hydrogens is 250 g/mol. The van der Waals surface area contributed by atoms with Gasteiger partial charge in [-0.25, -0.2) is 0 Å². The van der Waals surface area contributed by atoms with Crippen LogP contribution in [0.4, 0.5) is 0 Å². The smallest absolute Gasteiger partial charge is 0.254 e. The zero-order valence-corrected chi connectivity index (χ0v) is 12.5. The van der Waals surface area contributed by atoms with Crippen molar-refractivity contribution in [2.75, 3.05) is 6.54 Å². The quantitative estimate of drug-likeness (QED) is 0.856. The van der Waals surface area contributed by atoms with Gasteiger partial charge in [-0.15, -0.1) is 11.6 Å². The van der Waals surface area contributed by atoms with Crippen molar-refractivity contribution in [1.82, 2.24) is 15.1 Å². The van der Waals surface area contributed by atoms with E-state index in [2.05, 4.69) is 31.2 Å². The van der Waals surface area contributed by atoms with Crippen molar-refractivity contribution in [2.45, 2.75) is 39.5 Å². The number of alkyl halides is 1. The topological polar surface area (TPSA) is 46.9 Å². The zero-order valence-electron chi connectivity index (χ0n) is 11.7. The first-order valence-electron chi connectivity index (χ1n) is 6.11. The van der Waals surface area contributed by atoms with Gasteiger partial charge in [-0.2, -0.15) is 5.10 Å². The minimum Gasteiger partial charge on any atom is -0.350 e. The van der Waals surface area contributed by atoms with Crippen LogP contribution < -0.4 is 5.32 Å². The van der Waals surface area contributed by atoms with Crippen LogP contribution in [-0.4, -0.2) is 27.6 Å². The highest BCUT2D eigenvalue weighted by Crippen LogP contribution is 2.23. The van der Waals surface area contributed by atoms with Gasteiger partial charge in [0, 0.05) is 19.8 Å². The molecule has 5 heteroatoms. The van der Waals surface area contributed by atoms with Gasteiger partial charge < -0.3 is 5.32 Å². The number of aryl methyl sites for hydroxylation is 2. The maximum Gasteiger partial charge on any atom is 0.254 e. The molecule has 0 saturated heterocycles. The van der Waals surface area contributed by atoms with E-state index in [0.717, 1.165) is 12.1 Å². The highest BCUT2D eigenvalue weighted by molar-refractivity contribution is 6.21. The number of carbonyl (C=O) groups is 1. The summed E-state index contributed by atoms with van der Waals surface area (Å²) in [6.45, 7) is 8.70. The number of halogens is 1. The second kappa shape index (κ2) is 5.74. The lowest BCUT2D eigenvalue weighted by molar-refractivity contribution is 0.0951. The van der Waals surface area contributed by atoms with Crippen molar-refractivity contribution in [3.05, 3.63) is 17.5 Å². The fourth-order valence-corrected chi connectivity index (χ4v) is 2.40. The van der Waals surface area contributed by atoms with Gasteiger partial charge >= 0.3 is 0 Å². The fourth-order valence-electron chi connectivity index (χ4n) is 1.86. The molecule has 0 aromatic carbocycles. The highest BCUT2D eigenvalue weighted by atomic mass is 35.5. The molecule has 0 radical (unpaired) electrons. The van der Waals surface area contributed by atoms with E-state index in [1.165, 1.54) is 0 Å². The largest absolute Gasteiger partial charge is 0.350 e. The third-order valence-electron chi connectivity index (χ3n) is 2.58. The van der Waals surface area contributed by atoms with Crippen molar-refractivity contribution < 1.29 is 4.79 Å². The molecule has 0 spiro atoms. The SMILES string of the molecule is Cc1nn(C)cc1C(=O)NCC(Cl)CC(C)(C)C. The molecule has 1 unspecified atom stereocenters. The Kier molecular flexibility index (Phi) is 4.79. The predicted octanol–water partition coefficient (Wildman–Crippen LogP) is 2.50. The summed E-state index contributed by atoms with van der Waals surface area (Å²) in [6.07, 6.45) is 2.58. The van der Waals surface area contributed by atoms with Crippen molar-refractivity contribution in [2.24, 2.45) is 12.5 Å². The predicted molar refractivity (Wildman–Crippen MR) is 74.0 cm³/mol. The molecule has 1 N–H and O–H groups in total. The molecule has 0 fully saturated rings. The van der Waals surface area contributed by atoms with E-state index in [9.17, 15) is 4.79 Å². The summed E-state index contributed by atoms with van der Waals surface area (Å²) in [6, 6.07) is 0. The van der Waals surface area contributed by atoms with Crippen molar-refractivity contribution in [1.29, 1.82) is 0 Å². The van der Waals surface area contributed by atoms with Crippen molar-refractivity contribution in [3.63, 3.8) is 0 Å². The summed E-state index contributed by atoms with van der Waals surface area (Å²) in [5.41, 5.74) is 1.51. The minimum absolute atomic E-state index is 0.0501. The summed E-state index contributed by atoms with van der Waals surface area (Å²) in [5, 5.41) is 6.94. The number of nitrogens with one attached hydrogen (secondary N) is 1. The molecule has 18 heavy (non-hydrogen) atoms. The third kappa shape index (κ3) is 4.69. The lowest BCUT2D eigenvalue weighted by atomic mass is 9.90. The van der Waals surface area contributed by atoms with Crippen LogP contribution in [0.25, 0.3) is 0 Å². The monoisotopic (exact) mass is 271 g/mol. The second-order valence-electron chi connectivity index (χ2n) is 5.87. The molecule has 1 rings (SSSR count). The summed E-state index contributed by atoms with van der Waals surface area (Å²) in [5.74, 6) is -0.111. The van der Waals surface area contributed by atoms with Crippen LogP contribution in [0, 0.1) is 12.3 Å². The molecule has 1 amide bonds. The molecule has 0 aliphatic rings. The molecular formula is C13H22ClN3O. The summed E-state index contributed by atoms with van der Waals surface area (Å²) >= 11 is 6.21. The Bertz CT molecular complexity index is 420. The van der Waals surface area contributed by atoms with E-state index in [4.69, 9.17) is 11.6 Å². The maximum absolute atomic E-state index is 11.9. The number of nitrogens with zero attached hydrogens (tertiary/aromatic N) is 2. The molecule has 1 heterocycles. The second-order valence-corrected chi connectivity index (χ2v) is 6.49. The number of amides is 1. The van der Waals surface area contributed by atoms with E-state index in [1.54, 1.807) is 17.9 Å². The van der Waals surface area contributed by atoms with Crippen molar-refractivity contribution in [3.8, 4) is 0 Å². The van der Waals surface area contributed by atoms with Crippen LogP contribution in [-0.2, 0) is 7.05 Å². The lowest BCUT2D eigenvalue weighted by Gasteiger charge is -2.21. The first-order valence-corrected chi connectivity index (χ1v) is 6.55. The highest BCUT2D eigenvalue weighted by Gasteiger charge is 2.18. The van der Waals surface area contributed by atoms with E-state index in [1.807, 2.05) is 6.92 Å². The average molecular weight is 272 g/mol. The molecule has 1 aromatic rings. The Hall–Kier alpha value is -1.03. The Morgan fingerprint density at radius 3 is 2.61 bits per heavy atom. The molecule has 0 saturated carbocycles. The van der Waals surface area contributed by atoms with Gasteiger partial charge in [0.15, 0.2) is 0 Å². The lowest BCUT2D eigenvalue weighted by Crippen LogP contribution is -2.31. The molecule has 102 valence electrons. The first kappa shape index (κ1) is 15.0. The van der Waals surface area contributed by atoms with Crippen LogP contribution in [0.3, 0.4) is 0 Å². The number of hydrogen-bond acceptors (Lipinski definition) is 2. The van der Waals surface area contributed by atoms with Gasteiger partial charge in [0.2, 0.25) is 0 Å². The van der Waals surface area contributed by atoms with E-state index >= 15 is 0 Å². The number of hydrogen-bond donors (Lipinski definition) is 1. The zero-order chi connectivity index (χ0) is 13.9. The standard InChI is InChI=1S/C13H22ClN3O/c1-9-11(8-17(5)16-9)12(18)15-7-10(14)6-13(2,3)4/h8,10H,6-7H2,1-5H3,(H,15,18). The van der Waals surface area contributed by atoms with Gasteiger partial charge in [0.05, 0.1) is 16.6 Å². The molecule has 1 atom stereocenters. The van der Waals surface area contributed by atoms with Crippen LogP contribution in [0.2, 0.25) is 0 Å². The van der Waals surface area contributed by atoms with E-state index in [-0.39, 0.29) is 16.7 Å². The van der Waals surface area contributed by atoms with Gasteiger partial charge in [-0.3, -0.25) is 9.48 Å². The fraction of sp³-hybridized carbons (Fsp3) is 0.692. The van der Waals surface area contributed by atoms with Crippen LogP contribution in [0.5, 0.6) is 0 Å². The first-order chi connectivity index (χ1) is 8.19. The molecule has 4 nitrogen and oxygen atoms in total. The normalized spacial score (nSPS) is 13.4. The Morgan fingerprint density at radius 2 is 2.17 bits per heavy atom. The number of carbonyl (C=O) groups excluding carboxylic acids is 1. The summed E-state index contributed by atoms with van der Waals surface area (Å²) < 4.78 is 1.64. The average Bonchev–Trinajstić information content (AvgIpc) is 2.52. The van der Waals surface area contributed by atoms with Gasteiger partial charge in [-0.1, -0.05) is 20.8 Å². The van der Waals surface area contributed by atoms with Gasteiger partial charge in [0.1, 0.15) is 0 Å². The Balaban J connectivity index is 2.49. The van der Waals surface area contributed by atoms with Crippen LogP contribution in [0.15, 0.2) is 6.20 Å². The van der Waals surface area contributed by atoms with Gasteiger partial charge in [-0.05, 0) is 18.8 Å². The maximum atomic E-state index is 11.9. The summed E-state index contributed by atoms with van der Waals surface area (Å²) in [4.78, 5) is 11.9. The van der Waals surface area contributed by atoms with Crippen LogP contribution in [0.1, 0.15) is 43.2 Å². The van der Waals surface area contributed by atoms with E-state index in [0.29, 0.717) is 12.1 Å². The minimum atomic E-state index is -0.111. The molecule has 0 aliphatic heterocycles. The van der Waals surface area contributed by atoms with Gasteiger partial charge in [0.25, 0.3) is 5.91 Å². The molecule has 0 aliphatic carbocycles. The number of aromatic nitrogens is 2. The summed E-state index contributed by atoms with van der Waals surface area (Å²) in [7, 11) is 1.80. The van der Waals surface area contributed by atoms with E-state index < -0.39 is 0 Å². The van der Waals surface area contributed by atoms with Crippen molar-refractivity contribution >= 4 is 17.5 Å². The third-order valence-corrected chi connectivity index (χ3v) is 2.88. The number of rotatable bonds is 4.